The monoisotopic (exact) mass is 531 g/mol. The third-order valence-electron chi connectivity index (χ3n) is 5.61. The van der Waals surface area contributed by atoms with Gasteiger partial charge in [-0.1, -0.05) is 29.8 Å². The molecule has 1 aliphatic rings. The molecule has 36 heavy (non-hydrogen) atoms. The Morgan fingerprint density at radius 3 is 2.53 bits per heavy atom. The molecule has 188 valence electrons. The van der Waals surface area contributed by atoms with E-state index in [9.17, 15) is 22.4 Å². The van der Waals surface area contributed by atoms with Crippen molar-refractivity contribution in [3.05, 3.63) is 88.2 Å². The molecule has 3 aromatic carbocycles. The zero-order valence-electron chi connectivity index (χ0n) is 19.2. The van der Waals surface area contributed by atoms with Gasteiger partial charge in [-0.25, -0.2) is 12.8 Å². The highest BCUT2D eigenvalue weighted by molar-refractivity contribution is 7.90. The molecule has 1 aliphatic heterocycles. The van der Waals surface area contributed by atoms with E-state index in [-0.39, 0.29) is 16.5 Å². The summed E-state index contributed by atoms with van der Waals surface area (Å²) in [6.07, 6.45) is 0. The number of methoxy groups -OCH3 is 1. The molecule has 0 saturated heterocycles. The van der Waals surface area contributed by atoms with Gasteiger partial charge < -0.3 is 20.7 Å². The quantitative estimate of drug-likeness (QED) is 0.408. The molecule has 0 aliphatic carbocycles. The van der Waals surface area contributed by atoms with Crippen LogP contribution in [0.25, 0.3) is 0 Å². The Hall–Kier alpha value is -3.63. The summed E-state index contributed by atoms with van der Waals surface area (Å²) in [5, 5.41) is 8.40. The maximum absolute atomic E-state index is 13.2. The van der Waals surface area contributed by atoms with Crippen LogP contribution in [0.4, 0.5) is 15.8 Å². The van der Waals surface area contributed by atoms with Gasteiger partial charge in [0.15, 0.2) is 9.84 Å². The number of amides is 2. The molecule has 0 fully saturated rings. The van der Waals surface area contributed by atoms with Gasteiger partial charge in [0, 0.05) is 17.1 Å². The fourth-order valence-corrected chi connectivity index (χ4v) is 5.62. The van der Waals surface area contributed by atoms with Crippen molar-refractivity contribution in [3.63, 3.8) is 0 Å². The molecule has 0 aromatic heterocycles. The molecular formula is C25H23ClFN3O5S. The maximum atomic E-state index is 13.2. The average Bonchev–Trinajstić information content (AvgIpc) is 2.84. The fraction of sp³-hybridized carbons (Fsp3) is 0.200. The number of hydrogen-bond donors (Lipinski definition) is 3. The van der Waals surface area contributed by atoms with Crippen molar-refractivity contribution in [2.24, 2.45) is 0 Å². The number of sulfone groups is 1. The number of anilines is 2. The second kappa shape index (κ2) is 10.5. The smallest absolute Gasteiger partial charge is 0.251 e. The molecule has 2 amide bonds. The van der Waals surface area contributed by atoms with E-state index < -0.39 is 39.1 Å². The van der Waals surface area contributed by atoms with Crippen molar-refractivity contribution < 1.29 is 27.1 Å². The van der Waals surface area contributed by atoms with Crippen LogP contribution < -0.4 is 20.7 Å². The van der Waals surface area contributed by atoms with E-state index in [4.69, 9.17) is 16.3 Å². The molecule has 1 heterocycles. The average molecular weight is 532 g/mol. The summed E-state index contributed by atoms with van der Waals surface area (Å²) < 4.78 is 43.8. The third-order valence-corrected chi connectivity index (χ3v) is 7.55. The van der Waals surface area contributed by atoms with Gasteiger partial charge in [0.1, 0.15) is 17.6 Å². The molecule has 1 atom stereocenters. The van der Waals surface area contributed by atoms with E-state index >= 15 is 0 Å². The minimum Gasteiger partial charge on any atom is -0.497 e. The van der Waals surface area contributed by atoms with Crippen LogP contribution in [0.2, 0.25) is 5.02 Å². The first-order valence-electron chi connectivity index (χ1n) is 10.9. The molecule has 11 heteroatoms. The molecule has 0 bridgehead atoms. The summed E-state index contributed by atoms with van der Waals surface area (Å²) in [6, 6.07) is 14.4. The Labute approximate surface area is 212 Å². The van der Waals surface area contributed by atoms with Crippen molar-refractivity contribution in [2.45, 2.75) is 18.3 Å². The number of nitrogens with one attached hydrogen (secondary N) is 3. The standard InChI is InChI=1S/C25H23ClFN3O5S/c1-35-19-7-2-15(3-8-19)12-28-24(31)16-5-9-21-22(10-16)30-25(32)23(29-21)14-36(33,34)13-17-4-6-18(27)11-20(17)26/h2-11,23,29H,12-14H2,1H3,(H,28,31)(H,30,32)/t23-/m1/s1. The lowest BCUT2D eigenvalue weighted by Gasteiger charge is -2.27. The largest absolute Gasteiger partial charge is 0.497 e. The van der Waals surface area contributed by atoms with Crippen LogP contribution in [-0.4, -0.2) is 39.1 Å². The van der Waals surface area contributed by atoms with Crippen LogP contribution in [0, 0.1) is 5.82 Å². The highest BCUT2D eigenvalue weighted by atomic mass is 35.5. The van der Waals surface area contributed by atoms with Gasteiger partial charge in [-0.3, -0.25) is 9.59 Å². The maximum Gasteiger partial charge on any atom is 0.251 e. The Morgan fingerprint density at radius 1 is 1.08 bits per heavy atom. The summed E-state index contributed by atoms with van der Waals surface area (Å²) >= 11 is 5.95. The normalized spacial score (nSPS) is 14.9. The molecular weight excluding hydrogens is 509 g/mol. The molecule has 3 aromatic rings. The third kappa shape index (κ3) is 6.13. The number of carbonyl (C=O) groups is 2. The molecule has 8 nitrogen and oxygen atoms in total. The lowest BCUT2D eigenvalue weighted by molar-refractivity contribution is -0.116. The first-order valence-corrected chi connectivity index (χ1v) is 13.1. The summed E-state index contributed by atoms with van der Waals surface area (Å²) in [5.74, 6) is -1.66. The highest BCUT2D eigenvalue weighted by Gasteiger charge is 2.31. The van der Waals surface area contributed by atoms with Crippen molar-refractivity contribution in [2.75, 3.05) is 23.5 Å². The second-order valence-corrected chi connectivity index (χ2v) is 10.8. The molecule has 0 spiro atoms. The van der Waals surface area contributed by atoms with Crippen molar-refractivity contribution >= 4 is 44.6 Å². The Morgan fingerprint density at radius 2 is 1.83 bits per heavy atom. The SMILES string of the molecule is COc1ccc(CNC(=O)c2ccc3c(c2)NC(=O)[C@@H](CS(=O)(=O)Cc2ccc(F)cc2Cl)N3)cc1. The lowest BCUT2D eigenvalue weighted by atomic mass is 10.1. The molecule has 0 saturated carbocycles. The minimum absolute atomic E-state index is 0.00257. The summed E-state index contributed by atoms with van der Waals surface area (Å²) in [7, 11) is -2.19. The fourth-order valence-electron chi connectivity index (χ4n) is 3.72. The van der Waals surface area contributed by atoms with Crippen LogP contribution in [-0.2, 0) is 26.9 Å². The van der Waals surface area contributed by atoms with Crippen LogP contribution in [0.5, 0.6) is 5.75 Å². The van der Waals surface area contributed by atoms with Crippen LogP contribution in [0.3, 0.4) is 0 Å². The van der Waals surface area contributed by atoms with E-state index in [2.05, 4.69) is 16.0 Å². The van der Waals surface area contributed by atoms with E-state index in [1.165, 1.54) is 12.1 Å². The van der Waals surface area contributed by atoms with E-state index in [1.807, 2.05) is 12.1 Å². The predicted octanol–water partition coefficient (Wildman–Crippen LogP) is 3.77. The zero-order chi connectivity index (χ0) is 25.9. The van der Waals surface area contributed by atoms with Crippen molar-refractivity contribution in [3.8, 4) is 5.75 Å². The van der Waals surface area contributed by atoms with Gasteiger partial charge in [-0.05, 0) is 53.6 Å². The molecule has 3 N–H and O–H groups in total. The topological polar surface area (TPSA) is 114 Å². The number of halogens is 2. The Bertz CT molecular complexity index is 1410. The second-order valence-electron chi connectivity index (χ2n) is 8.27. The minimum atomic E-state index is -3.77. The van der Waals surface area contributed by atoms with Crippen LogP contribution in [0.15, 0.2) is 60.7 Å². The van der Waals surface area contributed by atoms with Gasteiger partial charge in [0.25, 0.3) is 5.91 Å². The number of ether oxygens (including phenoxy) is 1. The Balaban J connectivity index is 1.39. The van der Waals surface area contributed by atoms with Crippen LogP contribution in [0.1, 0.15) is 21.5 Å². The van der Waals surface area contributed by atoms with E-state index in [0.29, 0.717) is 29.2 Å². The number of fused-ring (bicyclic) bond motifs is 1. The first kappa shape index (κ1) is 25.5. The highest BCUT2D eigenvalue weighted by Crippen LogP contribution is 2.29. The number of rotatable bonds is 8. The molecule has 0 unspecified atom stereocenters. The van der Waals surface area contributed by atoms with Gasteiger partial charge in [-0.15, -0.1) is 0 Å². The van der Waals surface area contributed by atoms with Gasteiger partial charge in [-0.2, -0.15) is 0 Å². The molecule has 4 rings (SSSR count). The van der Waals surface area contributed by atoms with Gasteiger partial charge in [0.2, 0.25) is 5.91 Å². The summed E-state index contributed by atoms with van der Waals surface area (Å²) in [5.41, 5.74) is 2.33. The zero-order valence-corrected chi connectivity index (χ0v) is 20.8. The van der Waals surface area contributed by atoms with E-state index in [0.717, 1.165) is 17.7 Å². The van der Waals surface area contributed by atoms with Crippen LogP contribution >= 0.6 is 11.6 Å². The summed E-state index contributed by atoms with van der Waals surface area (Å²) in [4.78, 5) is 25.2. The predicted molar refractivity (Wildman–Crippen MR) is 136 cm³/mol. The van der Waals surface area contributed by atoms with Crippen molar-refractivity contribution in [1.82, 2.24) is 5.32 Å². The number of benzene rings is 3. The summed E-state index contributed by atoms with van der Waals surface area (Å²) in [6.45, 7) is 0.308. The van der Waals surface area contributed by atoms with Crippen molar-refractivity contribution in [1.29, 1.82) is 0 Å². The number of carbonyl (C=O) groups excluding carboxylic acids is 2. The molecule has 0 radical (unpaired) electrons. The Kier molecular flexibility index (Phi) is 7.46. The lowest BCUT2D eigenvalue weighted by Crippen LogP contribution is -2.43. The van der Waals surface area contributed by atoms with Gasteiger partial charge in [0.05, 0.1) is 30.0 Å². The number of hydrogen-bond acceptors (Lipinski definition) is 6. The van der Waals surface area contributed by atoms with Gasteiger partial charge >= 0.3 is 0 Å². The van der Waals surface area contributed by atoms with E-state index in [1.54, 1.807) is 31.4 Å². The first-order chi connectivity index (χ1) is 17.1.